The molecule has 1 aliphatic heterocycles. The van der Waals surface area contributed by atoms with Crippen molar-refractivity contribution in [1.82, 2.24) is 0 Å². The van der Waals surface area contributed by atoms with Gasteiger partial charge in [0.2, 0.25) is 5.91 Å². The predicted molar refractivity (Wildman–Crippen MR) is 103 cm³/mol. The Morgan fingerprint density at radius 1 is 1.15 bits per heavy atom. The van der Waals surface area contributed by atoms with Gasteiger partial charge >= 0.3 is 5.97 Å². The molecule has 2 aromatic carbocycles. The molecular formula is C19H16Cl2N2O4. The zero-order valence-corrected chi connectivity index (χ0v) is 15.7. The van der Waals surface area contributed by atoms with Crippen LogP contribution in [0.3, 0.4) is 0 Å². The molecule has 2 aromatic rings. The summed E-state index contributed by atoms with van der Waals surface area (Å²) in [4.78, 5) is 37.8. The molecule has 0 aromatic heterocycles. The van der Waals surface area contributed by atoms with Gasteiger partial charge in [0.1, 0.15) is 0 Å². The van der Waals surface area contributed by atoms with Gasteiger partial charge in [-0.2, -0.15) is 0 Å². The summed E-state index contributed by atoms with van der Waals surface area (Å²) < 4.78 is 5.06. The van der Waals surface area contributed by atoms with E-state index in [4.69, 9.17) is 27.9 Å². The first-order chi connectivity index (χ1) is 12.9. The Hall–Kier alpha value is -2.57. The van der Waals surface area contributed by atoms with Gasteiger partial charge in [-0.05, 0) is 30.3 Å². The minimum absolute atomic E-state index is 0.0253. The molecule has 1 atom stereocenters. The molecule has 0 saturated carbocycles. The van der Waals surface area contributed by atoms with Gasteiger partial charge in [-0.25, -0.2) is 0 Å². The first kappa shape index (κ1) is 19.2. The number of carbonyl (C=O) groups excluding carboxylic acids is 3. The van der Waals surface area contributed by atoms with Crippen molar-refractivity contribution in [2.45, 2.75) is 6.42 Å². The molecule has 1 aliphatic rings. The number of rotatable bonds is 5. The molecule has 0 aliphatic carbocycles. The molecule has 6 nitrogen and oxygen atoms in total. The van der Waals surface area contributed by atoms with E-state index in [0.717, 1.165) is 0 Å². The van der Waals surface area contributed by atoms with Gasteiger partial charge in [0.25, 0.3) is 5.91 Å². The first-order valence-electron chi connectivity index (χ1n) is 8.21. The molecule has 1 fully saturated rings. The van der Waals surface area contributed by atoms with Crippen molar-refractivity contribution in [2.24, 2.45) is 5.92 Å². The highest BCUT2D eigenvalue weighted by Gasteiger charge is 2.36. The monoisotopic (exact) mass is 406 g/mol. The Labute approximate surface area is 166 Å². The standard InChI is InChI=1S/C19H16Cl2N2O4/c20-13-4-3-5-14(9-13)23-10-12(8-18(23)25)19(26)27-11-17(24)22-16-7-2-1-6-15(16)21/h1-7,9,12H,8,10-11H2,(H,22,24)/t12-/m1/s1. The van der Waals surface area contributed by atoms with Crippen molar-refractivity contribution >= 4 is 52.4 Å². The van der Waals surface area contributed by atoms with Crippen LogP contribution in [0.1, 0.15) is 6.42 Å². The summed E-state index contributed by atoms with van der Waals surface area (Å²) in [7, 11) is 0. The van der Waals surface area contributed by atoms with Crippen molar-refractivity contribution in [1.29, 1.82) is 0 Å². The summed E-state index contributed by atoms with van der Waals surface area (Å²) in [6, 6.07) is 13.6. The lowest BCUT2D eigenvalue weighted by molar-refractivity contribution is -0.151. The van der Waals surface area contributed by atoms with E-state index in [2.05, 4.69) is 5.32 Å². The molecule has 3 rings (SSSR count). The third kappa shape index (κ3) is 4.78. The largest absolute Gasteiger partial charge is 0.455 e. The number of para-hydroxylation sites is 1. The quantitative estimate of drug-likeness (QED) is 0.770. The lowest BCUT2D eigenvalue weighted by Gasteiger charge is -2.16. The number of nitrogens with zero attached hydrogens (tertiary/aromatic N) is 1. The minimum Gasteiger partial charge on any atom is -0.455 e. The number of anilines is 2. The summed E-state index contributed by atoms with van der Waals surface area (Å²) >= 11 is 11.9. The van der Waals surface area contributed by atoms with E-state index in [1.54, 1.807) is 48.5 Å². The van der Waals surface area contributed by atoms with E-state index in [1.807, 2.05) is 0 Å². The van der Waals surface area contributed by atoms with Crippen LogP contribution in [-0.2, 0) is 19.1 Å². The normalized spacial score (nSPS) is 16.3. The number of esters is 1. The third-order valence-electron chi connectivity index (χ3n) is 4.07. The van der Waals surface area contributed by atoms with Crippen LogP contribution in [0.4, 0.5) is 11.4 Å². The lowest BCUT2D eigenvalue weighted by atomic mass is 10.1. The zero-order valence-electron chi connectivity index (χ0n) is 14.2. The second-order valence-corrected chi connectivity index (χ2v) is 6.86. The fourth-order valence-electron chi connectivity index (χ4n) is 2.76. The van der Waals surface area contributed by atoms with Crippen molar-refractivity contribution in [3.05, 3.63) is 58.6 Å². The van der Waals surface area contributed by atoms with Crippen molar-refractivity contribution in [3.63, 3.8) is 0 Å². The zero-order chi connectivity index (χ0) is 19.4. The Kier molecular flexibility index (Phi) is 5.98. The van der Waals surface area contributed by atoms with Gasteiger partial charge in [-0.1, -0.05) is 41.4 Å². The van der Waals surface area contributed by atoms with Gasteiger partial charge < -0.3 is 15.0 Å². The molecule has 2 amide bonds. The maximum atomic E-state index is 12.2. The van der Waals surface area contributed by atoms with Gasteiger partial charge in [0, 0.05) is 23.7 Å². The van der Waals surface area contributed by atoms with Crippen LogP contribution in [0.15, 0.2) is 48.5 Å². The first-order valence-corrected chi connectivity index (χ1v) is 8.96. The van der Waals surface area contributed by atoms with Crippen molar-refractivity contribution in [3.8, 4) is 0 Å². The minimum atomic E-state index is -0.635. The van der Waals surface area contributed by atoms with Gasteiger partial charge in [0.05, 0.1) is 16.6 Å². The highest BCUT2D eigenvalue weighted by atomic mass is 35.5. The van der Waals surface area contributed by atoms with Crippen LogP contribution < -0.4 is 10.2 Å². The number of benzene rings is 2. The van der Waals surface area contributed by atoms with Crippen LogP contribution in [0.25, 0.3) is 0 Å². The fourth-order valence-corrected chi connectivity index (χ4v) is 3.13. The van der Waals surface area contributed by atoms with Crippen LogP contribution in [0, 0.1) is 5.92 Å². The maximum absolute atomic E-state index is 12.2. The highest BCUT2D eigenvalue weighted by Crippen LogP contribution is 2.27. The average molecular weight is 407 g/mol. The Balaban J connectivity index is 1.53. The molecule has 0 unspecified atom stereocenters. The topological polar surface area (TPSA) is 75.7 Å². The van der Waals surface area contributed by atoms with Gasteiger partial charge in [0.15, 0.2) is 6.61 Å². The van der Waals surface area contributed by atoms with E-state index in [0.29, 0.717) is 21.4 Å². The number of ether oxygens (including phenoxy) is 1. The molecule has 0 radical (unpaired) electrons. The Morgan fingerprint density at radius 3 is 2.67 bits per heavy atom. The smallest absolute Gasteiger partial charge is 0.311 e. The number of carbonyl (C=O) groups is 3. The van der Waals surface area contributed by atoms with E-state index >= 15 is 0 Å². The number of hydrogen-bond donors (Lipinski definition) is 1. The third-order valence-corrected chi connectivity index (χ3v) is 4.64. The SMILES string of the molecule is O=C(COC(=O)[C@@H]1CC(=O)N(c2cccc(Cl)c2)C1)Nc1ccccc1Cl. The fraction of sp³-hybridized carbons (Fsp3) is 0.211. The molecule has 1 N–H and O–H groups in total. The van der Waals surface area contributed by atoms with Gasteiger partial charge in [-0.3, -0.25) is 14.4 Å². The summed E-state index contributed by atoms with van der Waals surface area (Å²) in [5, 5.41) is 3.45. The van der Waals surface area contributed by atoms with Crippen LogP contribution in [0.5, 0.6) is 0 Å². The molecule has 0 spiro atoms. The highest BCUT2D eigenvalue weighted by molar-refractivity contribution is 6.33. The molecule has 1 heterocycles. The number of halogens is 2. The molecule has 140 valence electrons. The van der Waals surface area contributed by atoms with E-state index in [9.17, 15) is 14.4 Å². The number of nitrogens with one attached hydrogen (secondary N) is 1. The van der Waals surface area contributed by atoms with Crippen LogP contribution in [-0.4, -0.2) is 30.9 Å². The number of amides is 2. The summed E-state index contributed by atoms with van der Waals surface area (Å²) in [6.45, 7) is -0.268. The summed E-state index contributed by atoms with van der Waals surface area (Å²) in [5.41, 5.74) is 1.06. The second-order valence-electron chi connectivity index (χ2n) is 6.02. The Bertz CT molecular complexity index is 888. The lowest BCUT2D eigenvalue weighted by Crippen LogP contribution is -2.28. The summed E-state index contributed by atoms with van der Waals surface area (Å²) in [5.74, 6) is -1.93. The van der Waals surface area contributed by atoms with Crippen LogP contribution in [0.2, 0.25) is 10.0 Å². The Morgan fingerprint density at radius 2 is 1.93 bits per heavy atom. The molecule has 27 heavy (non-hydrogen) atoms. The van der Waals surface area contributed by atoms with E-state index < -0.39 is 24.4 Å². The van der Waals surface area contributed by atoms with Gasteiger partial charge in [-0.15, -0.1) is 0 Å². The number of hydrogen-bond acceptors (Lipinski definition) is 4. The molecule has 0 bridgehead atoms. The maximum Gasteiger partial charge on any atom is 0.311 e. The summed E-state index contributed by atoms with van der Waals surface area (Å²) in [6.07, 6.45) is 0.0253. The molecule has 1 saturated heterocycles. The van der Waals surface area contributed by atoms with Crippen molar-refractivity contribution in [2.75, 3.05) is 23.4 Å². The van der Waals surface area contributed by atoms with Crippen LogP contribution >= 0.6 is 23.2 Å². The second kappa shape index (κ2) is 8.41. The molecular weight excluding hydrogens is 391 g/mol. The predicted octanol–water partition coefficient (Wildman–Crippen LogP) is 3.53. The van der Waals surface area contributed by atoms with E-state index in [-0.39, 0.29) is 18.9 Å². The average Bonchev–Trinajstić information content (AvgIpc) is 3.03. The molecule has 8 heteroatoms. The van der Waals surface area contributed by atoms with E-state index in [1.165, 1.54) is 4.90 Å². The van der Waals surface area contributed by atoms with Crippen molar-refractivity contribution < 1.29 is 19.1 Å².